The van der Waals surface area contributed by atoms with Crippen molar-refractivity contribution < 1.29 is 14.3 Å². The second kappa shape index (κ2) is 7.00. The summed E-state index contributed by atoms with van der Waals surface area (Å²) in [6, 6.07) is 7.53. The molecule has 2 saturated heterocycles. The summed E-state index contributed by atoms with van der Waals surface area (Å²) in [5.74, 6) is 0.464. The van der Waals surface area contributed by atoms with Gasteiger partial charge in [-0.25, -0.2) is 0 Å². The zero-order chi connectivity index (χ0) is 16.2. The summed E-state index contributed by atoms with van der Waals surface area (Å²) < 4.78 is 5.13. The van der Waals surface area contributed by atoms with E-state index < -0.39 is 0 Å². The van der Waals surface area contributed by atoms with Crippen molar-refractivity contribution in [2.24, 2.45) is 5.92 Å². The average Bonchev–Trinajstić information content (AvgIpc) is 2.98. The molecule has 6 heteroatoms. The van der Waals surface area contributed by atoms with Gasteiger partial charge in [-0.1, -0.05) is 0 Å². The van der Waals surface area contributed by atoms with Crippen molar-refractivity contribution in [3.8, 4) is 5.75 Å². The lowest BCUT2D eigenvalue weighted by molar-refractivity contribution is -0.127. The molecule has 23 heavy (non-hydrogen) atoms. The van der Waals surface area contributed by atoms with Crippen LogP contribution in [0.4, 0.5) is 5.69 Å². The summed E-state index contributed by atoms with van der Waals surface area (Å²) in [4.78, 5) is 26.3. The molecule has 0 saturated carbocycles. The number of nitrogens with zero attached hydrogens (tertiary/aromatic N) is 1. The number of amides is 2. The highest BCUT2D eigenvalue weighted by molar-refractivity contribution is 6.00. The molecule has 2 aliphatic heterocycles. The van der Waals surface area contributed by atoms with Crippen molar-refractivity contribution in [2.45, 2.75) is 25.3 Å². The van der Waals surface area contributed by atoms with Gasteiger partial charge in [-0.05, 0) is 43.7 Å². The molecule has 1 aromatic carbocycles. The Bertz CT molecular complexity index is 567. The van der Waals surface area contributed by atoms with E-state index in [1.807, 2.05) is 24.3 Å². The van der Waals surface area contributed by atoms with Crippen LogP contribution in [0.5, 0.6) is 5.75 Å². The van der Waals surface area contributed by atoms with E-state index in [0.717, 1.165) is 37.4 Å². The van der Waals surface area contributed by atoms with Crippen LogP contribution < -0.4 is 20.3 Å². The molecular weight excluding hydrogens is 294 g/mol. The van der Waals surface area contributed by atoms with Crippen LogP contribution in [0.2, 0.25) is 0 Å². The molecule has 6 nitrogen and oxygen atoms in total. The molecule has 2 fully saturated rings. The Morgan fingerprint density at radius 1 is 1.35 bits per heavy atom. The van der Waals surface area contributed by atoms with Gasteiger partial charge in [0.2, 0.25) is 11.8 Å². The van der Waals surface area contributed by atoms with Gasteiger partial charge in [-0.2, -0.15) is 0 Å². The van der Waals surface area contributed by atoms with E-state index in [9.17, 15) is 9.59 Å². The van der Waals surface area contributed by atoms with Crippen LogP contribution in [0.25, 0.3) is 0 Å². The van der Waals surface area contributed by atoms with Crippen molar-refractivity contribution >= 4 is 17.5 Å². The number of nitrogens with one attached hydrogen (secondary N) is 2. The Morgan fingerprint density at radius 3 is 2.78 bits per heavy atom. The molecule has 0 bridgehead atoms. The van der Waals surface area contributed by atoms with Gasteiger partial charge in [0.05, 0.1) is 13.0 Å². The lowest BCUT2D eigenvalue weighted by Gasteiger charge is -2.25. The Balaban J connectivity index is 1.60. The van der Waals surface area contributed by atoms with Gasteiger partial charge in [0.1, 0.15) is 5.75 Å². The first-order chi connectivity index (χ1) is 11.2. The van der Waals surface area contributed by atoms with Crippen LogP contribution in [0, 0.1) is 5.92 Å². The summed E-state index contributed by atoms with van der Waals surface area (Å²) >= 11 is 0. The van der Waals surface area contributed by atoms with E-state index in [-0.39, 0.29) is 30.2 Å². The topological polar surface area (TPSA) is 70.7 Å². The first-order valence-corrected chi connectivity index (χ1v) is 8.13. The van der Waals surface area contributed by atoms with Gasteiger partial charge in [-0.15, -0.1) is 0 Å². The predicted molar refractivity (Wildman–Crippen MR) is 87.5 cm³/mol. The summed E-state index contributed by atoms with van der Waals surface area (Å²) in [5.41, 5.74) is 0.811. The number of benzene rings is 1. The minimum Gasteiger partial charge on any atom is -0.497 e. The molecule has 2 unspecified atom stereocenters. The fraction of sp³-hybridized carbons (Fsp3) is 0.529. The van der Waals surface area contributed by atoms with Crippen molar-refractivity contribution in [3.63, 3.8) is 0 Å². The first kappa shape index (κ1) is 15.8. The van der Waals surface area contributed by atoms with E-state index in [1.54, 1.807) is 12.0 Å². The van der Waals surface area contributed by atoms with Crippen LogP contribution in [-0.2, 0) is 9.59 Å². The monoisotopic (exact) mass is 317 g/mol. The molecular formula is C17H23N3O3. The lowest BCUT2D eigenvalue weighted by atomic mass is 10.0. The van der Waals surface area contributed by atoms with Gasteiger partial charge < -0.3 is 20.3 Å². The molecule has 0 aliphatic carbocycles. The third-order valence-electron chi connectivity index (χ3n) is 4.52. The maximum Gasteiger partial charge on any atom is 0.227 e. The zero-order valence-corrected chi connectivity index (χ0v) is 13.4. The Labute approximate surface area is 136 Å². The van der Waals surface area contributed by atoms with Crippen LogP contribution in [0.15, 0.2) is 24.3 Å². The van der Waals surface area contributed by atoms with Crippen LogP contribution >= 0.6 is 0 Å². The third-order valence-corrected chi connectivity index (χ3v) is 4.52. The Hall–Kier alpha value is -2.08. The van der Waals surface area contributed by atoms with E-state index >= 15 is 0 Å². The Morgan fingerprint density at radius 2 is 2.13 bits per heavy atom. The second-order valence-corrected chi connectivity index (χ2v) is 6.16. The largest absolute Gasteiger partial charge is 0.497 e. The number of piperidine rings is 1. The molecule has 124 valence electrons. The number of hydrogen-bond acceptors (Lipinski definition) is 4. The molecule has 2 heterocycles. The maximum atomic E-state index is 12.4. The molecule has 3 rings (SSSR count). The van der Waals surface area contributed by atoms with E-state index in [1.165, 1.54) is 0 Å². The summed E-state index contributed by atoms with van der Waals surface area (Å²) in [7, 11) is 1.61. The standard InChI is InChI=1S/C17H23N3O3/c1-23-15-6-4-14(5-7-15)20-11-12(9-16(20)21)17(22)19-13-3-2-8-18-10-13/h4-7,12-13,18H,2-3,8-11H2,1H3,(H,19,22). The van der Waals surface area contributed by atoms with Crippen molar-refractivity contribution in [3.05, 3.63) is 24.3 Å². The fourth-order valence-electron chi connectivity index (χ4n) is 3.19. The quantitative estimate of drug-likeness (QED) is 0.866. The van der Waals surface area contributed by atoms with Gasteiger partial charge >= 0.3 is 0 Å². The summed E-state index contributed by atoms with van der Waals surface area (Å²) in [5, 5.41) is 6.35. The van der Waals surface area contributed by atoms with Crippen LogP contribution in [0.1, 0.15) is 19.3 Å². The molecule has 2 N–H and O–H groups in total. The van der Waals surface area contributed by atoms with Crippen molar-refractivity contribution in [1.82, 2.24) is 10.6 Å². The minimum atomic E-state index is -0.272. The highest BCUT2D eigenvalue weighted by Gasteiger charge is 2.35. The van der Waals surface area contributed by atoms with Gasteiger partial charge in [0, 0.05) is 31.2 Å². The minimum absolute atomic E-state index is 0.00270. The smallest absolute Gasteiger partial charge is 0.227 e. The lowest BCUT2D eigenvalue weighted by Crippen LogP contribution is -2.47. The first-order valence-electron chi connectivity index (χ1n) is 8.13. The van der Waals surface area contributed by atoms with E-state index in [0.29, 0.717) is 6.54 Å². The van der Waals surface area contributed by atoms with Crippen molar-refractivity contribution in [2.75, 3.05) is 31.6 Å². The predicted octanol–water partition coefficient (Wildman–Crippen LogP) is 0.916. The third kappa shape index (κ3) is 3.64. The molecule has 1 aromatic rings. The number of carbonyl (C=O) groups is 2. The summed E-state index contributed by atoms with van der Waals surface area (Å²) in [6.07, 6.45) is 2.35. The number of hydrogen-bond donors (Lipinski definition) is 2. The van der Waals surface area contributed by atoms with E-state index in [4.69, 9.17) is 4.74 Å². The highest BCUT2D eigenvalue weighted by Crippen LogP contribution is 2.27. The maximum absolute atomic E-state index is 12.4. The highest BCUT2D eigenvalue weighted by atomic mass is 16.5. The Kier molecular flexibility index (Phi) is 4.81. The zero-order valence-electron chi connectivity index (χ0n) is 13.4. The number of ether oxygens (including phenoxy) is 1. The normalized spacial score (nSPS) is 24.6. The van der Waals surface area contributed by atoms with Gasteiger partial charge in [0.15, 0.2) is 0 Å². The van der Waals surface area contributed by atoms with Crippen molar-refractivity contribution in [1.29, 1.82) is 0 Å². The van der Waals surface area contributed by atoms with Gasteiger partial charge in [0.25, 0.3) is 0 Å². The average molecular weight is 317 g/mol. The molecule has 2 atom stereocenters. The van der Waals surface area contributed by atoms with Crippen LogP contribution in [0.3, 0.4) is 0 Å². The second-order valence-electron chi connectivity index (χ2n) is 6.16. The number of carbonyl (C=O) groups excluding carboxylic acids is 2. The summed E-state index contributed by atoms with van der Waals surface area (Å²) in [6.45, 7) is 2.27. The molecule has 0 spiro atoms. The fourth-order valence-corrected chi connectivity index (χ4v) is 3.19. The molecule has 2 amide bonds. The number of methoxy groups -OCH3 is 1. The SMILES string of the molecule is COc1ccc(N2CC(C(=O)NC3CCCNC3)CC2=O)cc1. The van der Waals surface area contributed by atoms with Gasteiger partial charge in [-0.3, -0.25) is 9.59 Å². The molecule has 2 aliphatic rings. The number of rotatable bonds is 4. The number of anilines is 1. The van der Waals surface area contributed by atoms with E-state index in [2.05, 4.69) is 10.6 Å². The molecule has 0 aromatic heterocycles. The van der Waals surface area contributed by atoms with Crippen LogP contribution in [-0.4, -0.2) is 44.6 Å². The molecule has 0 radical (unpaired) electrons.